The van der Waals surface area contributed by atoms with Crippen molar-refractivity contribution in [2.75, 3.05) is 0 Å². The summed E-state index contributed by atoms with van der Waals surface area (Å²) in [6.45, 7) is 4.43. The maximum Gasteiger partial charge on any atom is 1.00 e. The smallest absolute Gasteiger partial charge is 0.744 e. The van der Waals surface area contributed by atoms with Gasteiger partial charge in [0.2, 0.25) is 0 Å². The van der Waals surface area contributed by atoms with E-state index in [-0.39, 0.29) is 56.3 Å². The molecule has 0 saturated heterocycles. The van der Waals surface area contributed by atoms with E-state index in [1.165, 1.54) is 63.9 Å². The summed E-state index contributed by atoms with van der Waals surface area (Å²) < 4.78 is 35.9. The predicted octanol–water partition coefficient (Wildman–Crippen LogP) is 4.55. The average molecular weight is 471 g/mol. The Balaban J connectivity index is 0.00000480. The standard InChI is InChI=1S/C26H40O3S.K/c1-3-5-7-9-11-13-16-22-20-21-23(17-14-12-10-8-6-4-2)26-24(22)18-15-19-25(26)30(27,28)29;/h15,18-21H,3-14,16-17H2,1-2H3,(H,27,28,29);/q;+1/p-1. The van der Waals surface area contributed by atoms with E-state index in [9.17, 15) is 13.0 Å². The minimum Gasteiger partial charge on any atom is -0.744 e. The Bertz CT molecular complexity index is 878. The van der Waals surface area contributed by atoms with Crippen molar-refractivity contribution in [2.24, 2.45) is 0 Å². The van der Waals surface area contributed by atoms with Crippen LogP contribution in [0.3, 0.4) is 0 Å². The zero-order valence-electron chi connectivity index (χ0n) is 19.9. The van der Waals surface area contributed by atoms with Crippen molar-refractivity contribution in [2.45, 2.75) is 109 Å². The fourth-order valence-electron chi connectivity index (χ4n) is 4.33. The molecule has 2 rings (SSSR count). The number of hydrogen-bond donors (Lipinski definition) is 0. The molecule has 0 aliphatic heterocycles. The molecule has 0 radical (unpaired) electrons. The van der Waals surface area contributed by atoms with Crippen molar-refractivity contribution < 1.29 is 64.4 Å². The number of aryl methyl sites for hydroxylation is 2. The van der Waals surface area contributed by atoms with Crippen LogP contribution in [0.1, 0.15) is 102 Å². The molecule has 0 amide bonds. The minimum atomic E-state index is -4.50. The quantitative estimate of drug-likeness (QED) is 0.218. The van der Waals surface area contributed by atoms with Crippen LogP contribution in [0.4, 0.5) is 0 Å². The van der Waals surface area contributed by atoms with Gasteiger partial charge in [0.05, 0.1) is 4.90 Å². The molecule has 3 nitrogen and oxygen atoms in total. The van der Waals surface area contributed by atoms with Gasteiger partial charge in [0.25, 0.3) is 0 Å². The SMILES string of the molecule is CCCCCCCCc1ccc(CCCCCCCC)c2c(S(=O)(=O)[O-])cccc12.[K+]. The first-order valence-corrected chi connectivity index (χ1v) is 13.4. The fraction of sp³-hybridized carbons (Fsp3) is 0.615. The third kappa shape index (κ3) is 9.95. The van der Waals surface area contributed by atoms with Crippen LogP contribution in [0.2, 0.25) is 0 Å². The first-order chi connectivity index (χ1) is 14.5. The van der Waals surface area contributed by atoms with E-state index in [1.54, 1.807) is 6.07 Å². The molecule has 0 aromatic heterocycles. The van der Waals surface area contributed by atoms with Gasteiger partial charge in [-0.3, -0.25) is 0 Å². The van der Waals surface area contributed by atoms with Crippen molar-refractivity contribution in [1.82, 2.24) is 0 Å². The second-order valence-corrected chi connectivity index (χ2v) is 9.90. The Kier molecular flexibility index (Phi) is 15.1. The van der Waals surface area contributed by atoms with E-state index >= 15 is 0 Å². The molecule has 0 bridgehead atoms. The van der Waals surface area contributed by atoms with Crippen LogP contribution in [0.25, 0.3) is 10.8 Å². The van der Waals surface area contributed by atoms with Gasteiger partial charge in [-0.15, -0.1) is 0 Å². The van der Waals surface area contributed by atoms with Crippen molar-refractivity contribution >= 4 is 20.9 Å². The van der Waals surface area contributed by atoms with Gasteiger partial charge in [0, 0.05) is 5.39 Å². The number of rotatable bonds is 15. The maximum atomic E-state index is 12.0. The summed E-state index contributed by atoms with van der Waals surface area (Å²) in [5.41, 5.74) is 2.17. The Morgan fingerprint density at radius 1 is 0.677 bits per heavy atom. The van der Waals surface area contributed by atoms with E-state index in [1.807, 2.05) is 6.07 Å². The van der Waals surface area contributed by atoms with E-state index in [2.05, 4.69) is 26.0 Å². The second kappa shape index (κ2) is 16.0. The van der Waals surface area contributed by atoms with Crippen LogP contribution < -0.4 is 51.4 Å². The van der Waals surface area contributed by atoms with Crippen LogP contribution in [-0.4, -0.2) is 13.0 Å². The van der Waals surface area contributed by atoms with Crippen molar-refractivity contribution in [3.05, 3.63) is 41.5 Å². The van der Waals surface area contributed by atoms with Gasteiger partial charge in [-0.1, -0.05) is 102 Å². The van der Waals surface area contributed by atoms with E-state index < -0.39 is 10.1 Å². The molecule has 5 heteroatoms. The molecule has 0 heterocycles. The van der Waals surface area contributed by atoms with Crippen molar-refractivity contribution in [3.8, 4) is 0 Å². The molecule has 2 aromatic rings. The van der Waals surface area contributed by atoms with Gasteiger partial charge in [0.1, 0.15) is 10.1 Å². The molecule has 0 spiro atoms. The first-order valence-electron chi connectivity index (χ1n) is 12.0. The number of hydrogen-bond acceptors (Lipinski definition) is 3. The van der Waals surface area contributed by atoms with Crippen LogP contribution in [0, 0.1) is 0 Å². The monoisotopic (exact) mass is 470 g/mol. The summed E-state index contributed by atoms with van der Waals surface area (Å²) in [7, 11) is -4.50. The van der Waals surface area contributed by atoms with Gasteiger partial charge in [-0.2, -0.15) is 0 Å². The average Bonchev–Trinajstić information content (AvgIpc) is 2.72. The molecule has 0 unspecified atom stereocenters. The largest absolute Gasteiger partial charge is 1.00 e. The normalized spacial score (nSPS) is 11.6. The number of unbranched alkanes of at least 4 members (excludes halogenated alkanes) is 10. The van der Waals surface area contributed by atoms with Gasteiger partial charge >= 0.3 is 51.4 Å². The molecular weight excluding hydrogens is 431 g/mol. The molecule has 168 valence electrons. The summed E-state index contributed by atoms with van der Waals surface area (Å²) in [4.78, 5) is -0.0502. The Labute approximate surface area is 233 Å². The van der Waals surface area contributed by atoms with Crippen LogP contribution >= 0.6 is 0 Å². The molecule has 31 heavy (non-hydrogen) atoms. The molecule has 0 fully saturated rings. The number of benzene rings is 2. The summed E-state index contributed by atoms with van der Waals surface area (Å²) in [5, 5.41) is 1.62. The Morgan fingerprint density at radius 2 is 1.16 bits per heavy atom. The molecule has 0 saturated carbocycles. The zero-order chi connectivity index (χ0) is 21.8. The summed E-state index contributed by atoms with van der Waals surface area (Å²) >= 11 is 0. The Hall–Kier alpha value is 0.246. The predicted molar refractivity (Wildman–Crippen MR) is 126 cm³/mol. The molecule has 2 aromatic carbocycles. The Morgan fingerprint density at radius 3 is 1.71 bits per heavy atom. The maximum absolute atomic E-state index is 12.0. The van der Waals surface area contributed by atoms with Gasteiger partial charge in [0.15, 0.2) is 0 Å². The van der Waals surface area contributed by atoms with Crippen LogP contribution in [0.5, 0.6) is 0 Å². The van der Waals surface area contributed by atoms with Crippen LogP contribution in [0.15, 0.2) is 35.2 Å². The fourth-order valence-corrected chi connectivity index (χ4v) is 5.07. The molecule has 0 atom stereocenters. The van der Waals surface area contributed by atoms with Gasteiger partial charge in [-0.05, 0) is 48.3 Å². The molecule has 0 aliphatic carbocycles. The third-order valence-corrected chi connectivity index (χ3v) is 6.93. The van der Waals surface area contributed by atoms with Crippen molar-refractivity contribution in [1.29, 1.82) is 0 Å². The van der Waals surface area contributed by atoms with E-state index in [0.29, 0.717) is 5.39 Å². The van der Waals surface area contributed by atoms with Crippen LogP contribution in [-0.2, 0) is 23.0 Å². The summed E-state index contributed by atoms with van der Waals surface area (Å²) in [5.74, 6) is 0. The minimum absolute atomic E-state index is 0. The van der Waals surface area contributed by atoms with Gasteiger partial charge in [-0.25, -0.2) is 8.42 Å². The molecule has 0 aliphatic rings. The van der Waals surface area contributed by atoms with Crippen molar-refractivity contribution in [3.63, 3.8) is 0 Å². The van der Waals surface area contributed by atoms with Gasteiger partial charge < -0.3 is 4.55 Å². The molecular formula is C26H39KO3S. The number of fused-ring (bicyclic) bond motifs is 1. The third-order valence-electron chi connectivity index (χ3n) is 6.05. The summed E-state index contributed by atoms with van der Waals surface area (Å²) in [6, 6.07) is 9.40. The second-order valence-electron chi connectivity index (χ2n) is 8.55. The zero-order valence-corrected chi connectivity index (χ0v) is 23.9. The van der Waals surface area contributed by atoms with E-state index in [4.69, 9.17) is 0 Å². The topological polar surface area (TPSA) is 57.2 Å². The van der Waals surface area contributed by atoms with E-state index in [0.717, 1.165) is 48.6 Å². The molecule has 0 N–H and O–H groups in total. The summed E-state index contributed by atoms with van der Waals surface area (Å²) in [6.07, 6.45) is 16.3. The first kappa shape index (κ1) is 29.3.